The molecule has 0 spiro atoms. The van der Waals surface area contributed by atoms with Gasteiger partial charge in [-0.3, -0.25) is 0 Å². The minimum absolute atomic E-state index is 0.466. The maximum atomic E-state index is 4.32. The van der Waals surface area contributed by atoms with Crippen molar-refractivity contribution in [2.75, 3.05) is 11.9 Å². The Kier molecular flexibility index (Phi) is 3.33. The van der Waals surface area contributed by atoms with E-state index in [1.807, 2.05) is 18.5 Å². The lowest BCUT2D eigenvalue weighted by Crippen LogP contribution is -2.04. The minimum Gasteiger partial charge on any atom is -0.370 e. The lowest BCUT2D eigenvalue weighted by atomic mass is 10.3. The fourth-order valence-electron chi connectivity index (χ4n) is 1.77. The molecule has 0 aromatic carbocycles. The van der Waals surface area contributed by atoms with Gasteiger partial charge >= 0.3 is 0 Å². The Balaban J connectivity index is 1.86. The molecule has 0 aliphatic heterocycles. The average molecular weight is 277 g/mol. The largest absolute Gasteiger partial charge is 0.370 e. The maximum absolute atomic E-state index is 4.32. The smallest absolute Gasteiger partial charge is 0.215 e. The molecule has 7 nitrogen and oxygen atoms in total. The lowest BCUT2D eigenvalue weighted by Gasteiger charge is -2.09. The standard InChI is InChI=1S/C11H15N7S/c1-3-12-9-7(2)10(14-6-13-9)19-11-15-16-17-18(11)8-4-5-8/h6,8H,3-5H2,1-2H3,(H,12,13,14). The van der Waals surface area contributed by atoms with Crippen molar-refractivity contribution in [2.45, 2.75) is 42.9 Å². The molecule has 2 aromatic heterocycles. The Morgan fingerprint density at radius 2 is 2.26 bits per heavy atom. The summed E-state index contributed by atoms with van der Waals surface area (Å²) in [5.74, 6) is 0.866. The van der Waals surface area contributed by atoms with Crippen molar-refractivity contribution in [3.8, 4) is 0 Å². The molecule has 100 valence electrons. The Morgan fingerprint density at radius 3 is 3.00 bits per heavy atom. The molecule has 0 atom stereocenters. The Hall–Kier alpha value is -1.70. The van der Waals surface area contributed by atoms with Crippen molar-refractivity contribution < 1.29 is 0 Å². The third-order valence-corrected chi connectivity index (χ3v) is 3.98. The van der Waals surface area contributed by atoms with Crippen LogP contribution in [0.3, 0.4) is 0 Å². The van der Waals surface area contributed by atoms with Gasteiger partial charge in [0.25, 0.3) is 0 Å². The van der Waals surface area contributed by atoms with Crippen molar-refractivity contribution >= 4 is 17.6 Å². The van der Waals surface area contributed by atoms with Crippen LogP contribution in [0.15, 0.2) is 16.5 Å². The molecule has 2 heterocycles. The van der Waals surface area contributed by atoms with Gasteiger partial charge in [0.15, 0.2) is 0 Å². The van der Waals surface area contributed by atoms with E-state index in [1.165, 1.54) is 11.8 Å². The van der Waals surface area contributed by atoms with E-state index < -0.39 is 0 Å². The Labute approximate surface area is 115 Å². The van der Waals surface area contributed by atoms with Crippen LogP contribution in [0, 0.1) is 6.92 Å². The van der Waals surface area contributed by atoms with Gasteiger partial charge in [0.1, 0.15) is 17.2 Å². The van der Waals surface area contributed by atoms with E-state index in [2.05, 4.69) is 30.8 Å². The van der Waals surface area contributed by atoms with E-state index in [9.17, 15) is 0 Å². The van der Waals surface area contributed by atoms with Crippen LogP contribution in [-0.4, -0.2) is 36.7 Å². The number of nitrogens with one attached hydrogen (secondary N) is 1. The predicted octanol–water partition coefficient (Wildman–Crippen LogP) is 1.69. The molecule has 8 heteroatoms. The highest BCUT2D eigenvalue weighted by Gasteiger charge is 2.28. The number of aromatic nitrogens is 6. The molecular weight excluding hydrogens is 262 g/mol. The van der Waals surface area contributed by atoms with Crippen LogP contribution >= 0.6 is 11.8 Å². The summed E-state index contributed by atoms with van der Waals surface area (Å²) in [7, 11) is 0. The number of tetrazole rings is 1. The first-order chi connectivity index (χ1) is 9.29. The number of hydrogen-bond donors (Lipinski definition) is 1. The fourth-order valence-corrected chi connectivity index (χ4v) is 2.65. The zero-order valence-corrected chi connectivity index (χ0v) is 11.7. The zero-order valence-electron chi connectivity index (χ0n) is 10.9. The lowest BCUT2D eigenvalue weighted by molar-refractivity contribution is 0.565. The number of hydrogen-bond acceptors (Lipinski definition) is 7. The summed E-state index contributed by atoms with van der Waals surface area (Å²) in [6, 6.07) is 0.466. The van der Waals surface area contributed by atoms with E-state index in [1.54, 1.807) is 6.33 Å². The van der Waals surface area contributed by atoms with Gasteiger partial charge in [0.05, 0.1) is 6.04 Å². The van der Waals surface area contributed by atoms with Crippen molar-refractivity contribution in [3.63, 3.8) is 0 Å². The molecule has 1 saturated carbocycles. The van der Waals surface area contributed by atoms with Gasteiger partial charge in [-0.1, -0.05) is 0 Å². The van der Waals surface area contributed by atoms with Gasteiger partial charge in [-0.15, -0.1) is 5.10 Å². The van der Waals surface area contributed by atoms with Crippen molar-refractivity contribution in [3.05, 3.63) is 11.9 Å². The third kappa shape index (κ3) is 2.53. The summed E-state index contributed by atoms with van der Waals surface area (Å²) < 4.78 is 1.89. The zero-order chi connectivity index (χ0) is 13.2. The molecule has 0 radical (unpaired) electrons. The molecule has 2 aromatic rings. The summed E-state index contributed by atoms with van der Waals surface area (Å²) >= 11 is 1.49. The number of nitrogens with zero attached hydrogens (tertiary/aromatic N) is 6. The second kappa shape index (κ2) is 5.12. The monoisotopic (exact) mass is 277 g/mol. The van der Waals surface area contributed by atoms with Crippen LogP contribution in [0.1, 0.15) is 31.4 Å². The van der Waals surface area contributed by atoms with Crippen LogP contribution < -0.4 is 5.32 Å². The molecule has 1 fully saturated rings. The molecule has 1 aliphatic rings. The summed E-state index contributed by atoms with van der Waals surface area (Å²) in [4.78, 5) is 8.55. The highest BCUT2D eigenvalue weighted by Crippen LogP contribution is 2.38. The molecule has 0 unspecified atom stereocenters. The summed E-state index contributed by atoms with van der Waals surface area (Å²) in [6.07, 6.45) is 3.88. The second-order valence-electron chi connectivity index (χ2n) is 4.42. The molecule has 1 aliphatic carbocycles. The SMILES string of the molecule is CCNc1ncnc(Sc2nnnn2C2CC2)c1C. The van der Waals surface area contributed by atoms with Gasteiger partial charge in [0, 0.05) is 12.1 Å². The van der Waals surface area contributed by atoms with Gasteiger partial charge < -0.3 is 5.32 Å². The van der Waals surface area contributed by atoms with Crippen LogP contribution in [0.2, 0.25) is 0 Å². The van der Waals surface area contributed by atoms with Gasteiger partial charge in [0.2, 0.25) is 5.16 Å². The van der Waals surface area contributed by atoms with E-state index in [-0.39, 0.29) is 0 Å². The normalized spacial score (nSPS) is 14.6. The molecular formula is C11H15N7S. The minimum atomic E-state index is 0.466. The van der Waals surface area contributed by atoms with E-state index in [0.29, 0.717) is 6.04 Å². The molecule has 1 N–H and O–H groups in total. The summed E-state index contributed by atoms with van der Waals surface area (Å²) in [6.45, 7) is 4.88. The average Bonchev–Trinajstić information content (AvgIpc) is 3.15. The third-order valence-electron chi connectivity index (χ3n) is 2.93. The summed E-state index contributed by atoms with van der Waals surface area (Å²) in [5.41, 5.74) is 1.03. The predicted molar refractivity (Wildman–Crippen MR) is 71.1 cm³/mol. The van der Waals surface area contributed by atoms with Crippen LogP contribution in [0.4, 0.5) is 5.82 Å². The van der Waals surface area contributed by atoms with Crippen LogP contribution in [0.25, 0.3) is 0 Å². The quantitative estimate of drug-likeness (QED) is 0.833. The topological polar surface area (TPSA) is 81.4 Å². The molecule has 0 amide bonds. The highest BCUT2D eigenvalue weighted by atomic mass is 32.2. The van der Waals surface area contributed by atoms with E-state index >= 15 is 0 Å². The van der Waals surface area contributed by atoms with E-state index in [4.69, 9.17) is 0 Å². The summed E-state index contributed by atoms with van der Waals surface area (Å²) in [5, 5.41) is 16.8. The molecule has 19 heavy (non-hydrogen) atoms. The molecule has 0 bridgehead atoms. The van der Waals surface area contributed by atoms with Gasteiger partial charge in [-0.25, -0.2) is 14.6 Å². The Morgan fingerprint density at radius 1 is 1.42 bits per heavy atom. The molecule has 3 rings (SSSR count). The van der Waals surface area contributed by atoms with E-state index in [0.717, 1.165) is 41.0 Å². The van der Waals surface area contributed by atoms with Gasteiger partial charge in [-0.2, -0.15) is 0 Å². The number of rotatable bonds is 5. The van der Waals surface area contributed by atoms with Crippen molar-refractivity contribution in [2.24, 2.45) is 0 Å². The fraction of sp³-hybridized carbons (Fsp3) is 0.545. The van der Waals surface area contributed by atoms with Crippen molar-refractivity contribution in [1.82, 2.24) is 30.2 Å². The maximum Gasteiger partial charge on any atom is 0.215 e. The van der Waals surface area contributed by atoms with Crippen LogP contribution in [-0.2, 0) is 0 Å². The van der Waals surface area contributed by atoms with Gasteiger partial charge in [-0.05, 0) is 48.9 Å². The van der Waals surface area contributed by atoms with Crippen molar-refractivity contribution in [1.29, 1.82) is 0 Å². The second-order valence-corrected chi connectivity index (χ2v) is 5.38. The molecule has 0 saturated heterocycles. The number of anilines is 1. The van der Waals surface area contributed by atoms with Crippen LogP contribution in [0.5, 0.6) is 0 Å². The Bertz CT molecular complexity index is 578. The first-order valence-corrected chi connectivity index (χ1v) is 7.12. The first-order valence-electron chi connectivity index (χ1n) is 6.30. The highest BCUT2D eigenvalue weighted by molar-refractivity contribution is 7.99. The first kappa shape index (κ1) is 12.3.